The van der Waals surface area contributed by atoms with Crippen LogP contribution < -0.4 is 0 Å². The second kappa shape index (κ2) is 7.39. The molecule has 0 aliphatic heterocycles. The second-order valence-corrected chi connectivity index (χ2v) is 6.61. The molecule has 0 N–H and O–H groups in total. The zero-order valence-corrected chi connectivity index (χ0v) is 16.8. The molecule has 2 heterocycles. The fraction of sp³-hybridized carbons (Fsp3) is 0.381. The summed E-state index contributed by atoms with van der Waals surface area (Å²) in [4.78, 5) is 12.2. The third-order valence-electron chi connectivity index (χ3n) is 5.08. The monoisotopic (exact) mass is 366 g/mol. The van der Waals surface area contributed by atoms with Crippen molar-refractivity contribution < 1.29 is 9.53 Å². The van der Waals surface area contributed by atoms with Crippen LogP contribution in [0, 0.1) is 20.8 Å². The van der Waals surface area contributed by atoms with Crippen LogP contribution in [0.15, 0.2) is 24.3 Å². The number of aryl methyl sites for hydroxylation is 2. The summed E-state index contributed by atoms with van der Waals surface area (Å²) >= 11 is 0. The third kappa shape index (κ3) is 3.16. The van der Waals surface area contributed by atoms with Gasteiger partial charge in [-0.05, 0) is 57.4 Å². The van der Waals surface area contributed by atoms with E-state index in [1.54, 1.807) is 4.68 Å². The summed E-state index contributed by atoms with van der Waals surface area (Å²) in [5.41, 5.74) is 7.38. The minimum absolute atomic E-state index is 0.349. The van der Waals surface area contributed by atoms with E-state index >= 15 is 0 Å². The Balaban J connectivity index is 2.12. The van der Waals surface area contributed by atoms with E-state index in [-0.39, 0.29) is 5.97 Å². The molecule has 0 aliphatic rings. The van der Waals surface area contributed by atoms with Gasteiger partial charge in [-0.25, -0.2) is 14.2 Å². The predicted octanol–water partition coefficient (Wildman–Crippen LogP) is 3.89. The molecule has 0 radical (unpaired) electrons. The molecule has 0 spiro atoms. The lowest BCUT2D eigenvalue weighted by Crippen LogP contribution is -2.06. The summed E-state index contributed by atoms with van der Waals surface area (Å²) < 4.78 is 8.72. The summed E-state index contributed by atoms with van der Waals surface area (Å²) in [6.45, 7) is 10.2. The molecule has 3 rings (SSSR count). The highest BCUT2D eigenvalue weighted by Crippen LogP contribution is 2.23. The van der Waals surface area contributed by atoms with Crippen molar-refractivity contribution in [2.45, 2.75) is 47.5 Å². The van der Waals surface area contributed by atoms with E-state index in [2.05, 4.69) is 25.9 Å². The summed E-state index contributed by atoms with van der Waals surface area (Å²) in [6, 6.07) is 8.04. The first-order valence-electron chi connectivity index (χ1n) is 9.25. The normalized spacial score (nSPS) is 11.0. The number of hydrogen-bond donors (Lipinski definition) is 0. The molecule has 6 nitrogen and oxygen atoms in total. The lowest BCUT2D eigenvalue weighted by molar-refractivity contribution is 0.0598. The molecule has 142 valence electrons. The summed E-state index contributed by atoms with van der Waals surface area (Å²) in [6.07, 6.45) is 1.56. The van der Waals surface area contributed by atoms with Gasteiger partial charge in [-0.1, -0.05) is 19.9 Å². The number of carbonyl (C=O) groups excluding carboxylic acids is 1. The van der Waals surface area contributed by atoms with Gasteiger partial charge < -0.3 is 4.74 Å². The molecule has 0 bridgehead atoms. The fourth-order valence-electron chi connectivity index (χ4n) is 3.41. The smallest absolute Gasteiger partial charge is 0.341 e. The average molecular weight is 366 g/mol. The molecule has 1 aromatic carbocycles. The standard InChI is InChI=1S/C21H26N4O2/c1-7-18-13(3)14(4)24(22-18)16-10-9-11-17(12-16)25-15(5)20(21(26)27-6)19(8-2)23-25/h9-12H,7-8H2,1-6H3. The number of rotatable bonds is 5. The summed E-state index contributed by atoms with van der Waals surface area (Å²) in [5.74, 6) is -0.349. The molecule has 27 heavy (non-hydrogen) atoms. The topological polar surface area (TPSA) is 61.9 Å². The first kappa shape index (κ1) is 18.9. The van der Waals surface area contributed by atoms with E-state index in [9.17, 15) is 4.79 Å². The van der Waals surface area contributed by atoms with Crippen LogP contribution in [-0.2, 0) is 17.6 Å². The number of hydrogen-bond acceptors (Lipinski definition) is 4. The maximum Gasteiger partial charge on any atom is 0.341 e. The molecule has 0 saturated carbocycles. The van der Waals surface area contributed by atoms with Gasteiger partial charge in [-0.15, -0.1) is 0 Å². The maximum absolute atomic E-state index is 12.2. The van der Waals surface area contributed by atoms with Gasteiger partial charge in [0.15, 0.2) is 0 Å². The largest absolute Gasteiger partial charge is 0.465 e. The number of ether oxygens (including phenoxy) is 1. The Bertz CT molecular complexity index is 998. The Labute approximate surface area is 159 Å². The highest BCUT2D eigenvalue weighted by molar-refractivity contribution is 5.92. The lowest BCUT2D eigenvalue weighted by Gasteiger charge is -2.09. The summed E-state index contributed by atoms with van der Waals surface area (Å²) in [5, 5.41) is 9.40. The number of esters is 1. The van der Waals surface area contributed by atoms with Crippen LogP contribution in [0.4, 0.5) is 0 Å². The fourth-order valence-corrected chi connectivity index (χ4v) is 3.41. The number of methoxy groups -OCH3 is 1. The van der Waals surface area contributed by atoms with Crippen LogP contribution in [0.25, 0.3) is 11.4 Å². The average Bonchev–Trinajstić information content (AvgIpc) is 3.18. The number of aromatic nitrogens is 4. The van der Waals surface area contributed by atoms with E-state index in [0.717, 1.165) is 40.6 Å². The van der Waals surface area contributed by atoms with Crippen LogP contribution in [0.1, 0.15) is 52.5 Å². The first-order valence-corrected chi connectivity index (χ1v) is 9.25. The Kier molecular flexibility index (Phi) is 5.17. The molecule has 0 amide bonds. The molecule has 0 aliphatic carbocycles. The molecule has 0 unspecified atom stereocenters. The van der Waals surface area contributed by atoms with Gasteiger partial charge in [0.2, 0.25) is 0 Å². The van der Waals surface area contributed by atoms with Crippen LogP contribution in [0.3, 0.4) is 0 Å². The van der Waals surface area contributed by atoms with Crippen molar-refractivity contribution in [3.05, 3.63) is 58.2 Å². The molecule has 0 atom stereocenters. The summed E-state index contributed by atoms with van der Waals surface area (Å²) in [7, 11) is 1.40. The van der Waals surface area contributed by atoms with Gasteiger partial charge in [-0.3, -0.25) is 0 Å². The minimum Gasteiger partial charge on any atom is -0.465 e. The van der Waals surface area contributed by atoms with E-state index in [4.69, 9.17) is 9.84 Å². The minimum atomic E-state index is -0.349. The Morgan fingerprint density at radius 3 is 2.04 bits per heavy atom. The van der Waals surface area contributed by atoms with Gasteiger partial charge >= 0.3 is 5.97 Å². The second-order valence-electron chi connectivity index (χ2n) is 6.61. The van der Waals surface area contributed by atoms with Crippen LogP contribution in [0.5, 0.6) is 0 Å². The van der Waals surface area contributed by atoms with Crippen LogP contribution in [-0.4, -0.2) is 32.6 Å². The van der Waals surface area contributed by atoms with Crippen molar-refractivity contribution in [2.75, 3.05) is 7.11 Å². The Hall–Kier alpha value is -2.89. The highest BCUT2D eigenvalue weighted by Gasteiger charge is 2.21. The van der Waals surface area contributed by atoms with Gasteiger partial charge in [0.05, 0.1) is 35.6 Å². The van der Waals surface area contributed by atoms with Crippen molar-refractivity contribution >= 4 is 5.97 Å². The van der Waals surface area contributed by atoms with Crippen LogP contribution >= 0.6 is 0 Å². The molecule has 6 heteroatoms. The van der Waals surface area contributed by atoms with E-state index in [0.29, 0.717) is 12.0 Å². The molecule has 0 saturated heterocycles. The van der Waals surface area contributed by atoms with Gasteiger partial charge in [0, 0.05) is 5.69 Å². The first-order chi connectivity index (χ1) is 12.9. The lowest BCUT2D eigenvalue weighted by atomic mass is 10.1. The van der Waals surface area contributed by atoms with Crippen molar-refractivity contribution in [3.63, 3.8) is 0 Å². The maximum atomic E-state index is 12.2. The molecular formula is C21H26N4O2. The van der Waals surface area contributed by atoms with Crippen molar-refractivity contribution in [1.29, 1.82) is 0 Å². The number of benzene rings is 1. The number of carbonyl (C=O) groups is 1. The van der Waals surface area contributed by atoms with Crippen molar-refractivity contribution in [1.82, 2.24) is 19.6 Å². The molecular weight excluding hydrogens is 340 g/mol. The molecule has 3 aromatic rings. The van der Waals surface area contributed by atoms with E-state index in [1.165, 1.54) is 12.7 Å². The number of nitrogens with zero attached hydrogens (tertiary/aromatic N) is 4. The van der Waals surface area contributed by atoms with Gasteiger partial charge in [0.1, 0.15) is 5.56 Å². The van der Waals surface area contributed by atoms with Crippen LogP contribution in [0.2, 0.25) is 0 Å². The van der Waals surface area contributed by atoms with Crippen molar-refractivity contribution in [3.8, 4) is 11.4 Å². The van der Waals surface area contributed by atoms with Gasteiger partial charge in [0.25, 0.3) is 0 Å². The Morgan fingerprint density at radius 1 is 0.963 bits per heavy atom. The van der Waals surface area contributed by atoms with Crippen molar-refractivity contribution in [2.24, 2.45) is 0 Å². The van der Waals surface area contributed by atoms with Gasteiger partial charge in [-0.2, -0.15) is 10.2 Å². The quantitative estimate of drug-likeness (QED) is 0.643. The molecule has 2 aromatic heterocycles. The molecule has 0 fully saturated rings. The van der Waals surface area contributed by atoms with E-state index in [1.807, 2.05) is 42.8 Å². The van der Waals surface area contributed by atoms with E-state index < -0.39 is 0 Å². The Morgan fingerprint density at radius 2 is 1.52 bits per heavy atom. The zero-order valence-electron chi connectivity index (χ0n) is 16.8. The predicted molar refractivity (Wildman–Crippen MR) is 105 cm³/mol. The SMILES string of the molecule is CCc1nn(-c2cccc(-n3nc(CC)c(C(=O)OC)c3C)c2)c(C)c1C. The zero-order chi connectivity index (χ0) is 19.7. The highest BCUT2D eigenvalue weighted by atomic mass is 16.5. The third-order valence-corrected chi connectivity index (χ3v) is 5.08.